The third kappa shape index (κ3) is 6.53. The number of nitrogens with zero attached hydrogens (tertiary/aromatic N) is 2. The van der Waals surface area contributed by atoms with Crippen LogP contribution in [0, 0.1) is 0 Å². The fourth-order valence-electron chi connectivity index (χ4n) is 3.46. The van der Waals surface area contributed by atoms with Crippen molar-refractivity contribution in [3.8, 4) is 0 Å². The molecular formula is C19H31N8O9+. The zero-order valence-corrected chi connectivity index (χ0v) is 19.1. The smallest absolute Gasteiger partial charge is 0.351 e. The number of guanidine groups is 1. The molecule has 17 nitrogen and oxygen atoms in total. The topological polar surface area (TPSA) is 314 Å². The lowest BCUT2D eigenvalue weighted by Crippen LogP contribution is -2.80. The zero-order valence-electron chi connectivity index (χ0n) is 19.1. The Morgan fingerprint density at radius 1 is 1.36 bits per heavy atom. The van der Waals surface area contributed by atoms with Gasteiger partial charge in [0.1, 0.15) is 24.1 Å². The van der Waals surface area contributed by atoms with Crippen LogP contribution in [-0.2, 0) is 20.9 Å². The summed E-state index contributed by atoms with van der Waals surface area (Å²) in [5.41, 5.74) is 15.8. The number of aromatic nitrogens is 2. The normalized spacial score (nSPS) is 22.8. The van der Waals surface area contributed by atoms with Crippen molar-refractivity contribution in [2.24, 2.45) is 11.5 Å². The number of anilines is 1. The molecule has 36 heavy (non-hydrogen) atoms. The number of amides is 1. The lowest BCUT2D eigenvalue weighted by Gasteiger charge is -2.44. The summed E-state index contributed by atoms with van der Waals surface area (Å²) in [7, 11) is 0. The van der Waals surface area contributed by atoms with Crippen LogP contribution >= 0.6 is 0 Å². The van der Waals surface area contributed by atoms with Crippen LogP contribution in [0.1, 0.15) is 18.2 Å². The molecule has 6 atom stereocenters. The molecule has 0 radical (unpaired) electrons. The maximum absolute atomic E-state index is 12.4. The van der Waals surface area contributed by atoms with Gasteiger partial charge in [-0.05, 0) is 6.08 Å². The monoisotopic (exact) mass is 515 g/mol. The molecule has 0 aliphatic carbocycles. The minimum absolute atomic E-state index is 0.0636. The van der Waals surface area contributed by atoms with Crippen LogP contribution in [0.3, 0.4) is 0 Å². The summed E-state index contributed by atoms with van der Waals surface area (Å²) in [6.07, 6.45) is -2.01. The average molecular weight is 516 g/mol. The molecule has 2 heterocycles. The molecule has 0 aromatic carbocycles. The molecule has 0 fully saturated rings. The molecule has 0 spiro atoms. The molecule has 2 rings (SSSR count). The molecule has 1 aromatic rings. The quantitative estimate of drug-likeness (QED) is 0.0744. The molecule has 1 aliphatic rings. The van der Waals surface area contributed by atoms with Crippen molar-refractivity contribution in [3.63, 3.8) is 0 Å². The standard InChI is InChI=1S/C19H30N8O9/c20-10(7-29)15(31)25-11-1-2-12(27-5-8(6-28)14(21)26-18(27)34)36-13(11)19(35,16(32)33)3-9(30)4-24-17(22)23/h1-2,5,9-13,28-30,35H,3-4,6-7,20H2,(H,25,31)(H,32,33)(H2,21,26,34)(H4,22,23,24)/p+1/t9?,10-,11-,12+,13-,19?/m0/s1. The Hall–Kier alpha value is -3.61. The Morgan fingerprint density at radius 3 is 2.58 bits per heavy atom. The van der Waals surface area contributed by atoms with Gasteiger partial charge in [-0.1, -0.05) is 6.08 Å². The van der Waals surface area contributed by atoms with Crippen LogP contribution < -0.4 is 44.0 Å². The first-order valence-corrected chi connectivity index (χ1v) is 10.6. The molecule has 200 valence electrons. The van der Waals surface area contributed by atoms with Gasteiger partial charge in [-0.3, -0.25) is 25.8 Å². The SMILES string of the molecule is NC(N)=[NH+]CC(O)CC(O)(C(=O)[O-])[C@H]1O[C@@H](n2cc(CO)c(N)nc2=O)C=C[C@@H]1NC(=O)[C@@H]([NH3+])CO. The van der Waals surface area contributed by atoms with E-state index in [2.05, 4.69) is 21.0 Å². The number of nitrogens with one attached hydrogen (secondary N) is 2. The van der Waals surface area contributed by atoms with Gasteiger partial charge in [0, 0.05) is 18.2 Å². The van der Waals surface area contributed by atoms with Crippen molar-refractivity contribution in [1.29, 1.82) is 0 Å². The van der Waals surface area contributed by atoms with Crippen molar-refractivity contribution in [2.75, 3.05) is 18.9 Å². The van der Waals surface area contributed by atoms with Gasteiger partial charge in [0.05, 0.1) is 31.3 Å². The molecule has 15 N–H and O–H groups in total. The predicted octanol–water partition coefficient (Wildman–Crippen LogP) is -9.56. The molecule has 1 aliphatic heterocycles. The van der Waals surface area contributed by atoms with E-state index in [4.69, 9.17) is 21.9 Å². The number of aliphatic carboxylic acids is 1. The van der Waals surface area contributed by atoms with Gasteiger partial charge in [-0.15, -0.1) is 0 Å². The highest BCUT2D eigenvalue weighted by Gasteiger charge is 2.48. The van der Waals surface area contributed by atoms with Gasteiger partial charge >= 0.3 is 11.6 Å². The van der Waals surface area contributed by atoms with Crippen molar-refractivity contribution in [2.45, 2.75) is 49.1 Å². The predicted molar refractivity (Wildman–Crippen MR) is 117 cm³/mol. The number of carboxylic acids is 1. The maximum Gasteiger partial charge on any atom is 0.351 e. The Bertz CT molecular complexity index is 1070. The number of hydrogen-bond acceptors (Lipinski definition) is 11. The minimum atomic E-state index is -2.94. The highest BCUT2D eigenvalue weighted by atomic mass is 16.5. The second-order valence-corrected chi connectivity index (χ2v) is 8.15. The van der Waals surface area contributed by atoms with Gasteiger partial charge in [-0.2, -0.15) is 4.98 Å². The number of carboxylic acid groups (broad SMARTS) is 1. The number of hydrogen-bond donors (Lipinski definition) is 10. The average Bonchev–Trinajstić information content (AvgIpc) is 2.82. The molecule has 0 saturated heterocycles. The molecule has 1 aromatic heterocycles. The Kier molecular flexibility index (Phi) is 9.45. The van der Waals surface area contributed by atoms with Crippen LogP contribution in [0.4, 0.5) is 5.82 Å². The van der Waals surface area contributed by atoms with Crippen LogP contribution in [0.15, 0.2) is 23.1 Å². The van der Waals surface area contributed by atoms with Gasteiger partial charge < -0.3 is 51.8 Å². The molecular weight excluding hydrogens is 484 g/mol. The second kappa shape index (κ2) is 11.9. The highest BCUT2D eigenvalue weighted by molar-refractivity contribution is 5.81. The third-order valence-electron chi connectivity index (χ3n) is 5.41. The number of ether oxygens (including phenoxy) is 1. The lowest BCUT2D eigenvalue weighted by molar-refractivity contribution is -0.472. The number of aliphatic hydroxyl groups is 4. The Balaban J connectivity index is 2.52. The van der Waals surface area contributed by atoms with E-state index in [0.717, 1.165) is 10.8 Å². The minimum Gasteiger partial charge on any atom is -0.547 e. The highest BCUT2D eigenvalue weighted by Crippen LogP contribution is 2.31. The summed E-state index contributed by atoms with van der Waals surface area (Å²) >= 11 is 0. The second-order valence-electron chi connectivity index (χ2n) is 8.15. The number of nitrogen functional groups attached to an aromatic ring is 1. The lowest BCUT2D eigenvalue weighted by atomic mass is 9.84. The maximum atomic E-state index is 12.4. The number of carbonyl (C=O) groups excluding carboxylic acids is 2. The van der Waals surface area contributed by atoms with Crippen LogP contribution in [0.25, 0.3) is 0 Å². The van der Waals surface area contributed by atoms with E-state index in [1.54, 1.807) is 0 Å². The first-order valence-electron chi connectivity index (χ1n) is 10.6. The van der Waals surface area contributed by atoms with E-state index in [1.807, 2.05) is 0 Å². The molecule has 0 saturated carbocycles. The molecule has 0 bridgehead atoms. The van der Waals surface area contributed by atoms with E-state index in [9.17, 15) is 39.9 Å². The zero-order chi connectivity index (χ0) is 27.2. The summed E-state index contributed by atoms with van der Waals surface area (Å²) in [5, 5.41) is 54.6. The van der Waals surface area contributed by atoms with Crippen LogP contribution in [-0.4, -0.2) is 90.9 Å². The number of rotatable bonds is 11. The van der Waals surface area contributed by atoms with Gasteiger partial charge in [-0.25, -0.2) is 4.79 Å². The van der Waals surface area contributed by atoms with Crippen molar-refractivity contribution in [1.82, 2.24) is 14.9 Å². The number of aliphatic hydroxyl groups excluding tert-OH is 3. The fraction of sp³-hybridized carbons (Fsp3) is 0.526. The summed E-state index contributed by atoms with van der Waals surface area (Å²) in [5.74, 6) is -3.37. The van der Waals surface area contributed by atoms with E-state index >= 15 is 0 Å². The summed E-state index contributed by atoms with van der Waals surface area (Å²) in [4.78, 5) is 42.8. The van der Waals surface area contributed by atoms with Crippen molar-refractivity contribution >= 4 is 23.7 Å². The third-order valence-corrected chi connectivity index (χ3v) is 5.41. The van der Waals surface area contributed by atoms with Crippen LogP contribution in [0.2, 0.25) is 0 Å². The van der Waals surface area contributed by atoms with E-state index in [-0.39, 0.29) is 23.9 Å². The molecule has 1 amide bonds. The first-order chi connectivity index (χ1) is 16.8. The van der Waals surface area contributed by atoms with E-state index in [1.165, 1.54) is 12.2 Å². The Morgan fingerprint density at radius 2 is 2.03 bits per heavy atom. The fourth-order valence-corrected chi connectivity index (χ4v) is 3.46. The van der Waals surface area contributed by atoms with Crippen LogP contribution in [0.5, 0.6) is 0 Å². The summed E-state index contributed by atoms with van der Waals surface area (Å²) in [6.45, 7) is -1.56. The van der Waals surface area contributed by atoms with E-state index in [0.29, 0.717) is 0 Å². The number of quaternary nitrogens is 1. The Labute approximate surface area is 203 Å². The van der Waals surface area contributed by atoms with Crippen molar-refractivity contribution < 1.29 is 50.6 Å². The number of carbonyl (C=O) groups is 2. The van der Waals surface area contributed by atoms with Gasteiger partial charge in [0.15, 0.2) is 12.3 Å². The first kappa shape index (κ1) is 28.6. The molecule has 17 heteroatoms. The summed E-state index contributed by atoms with van der Waals surface area (Å²) < 4.78 is 6.61. The van der Waals surface area contributed by atoms with Crippen molar-refractivity contribution in [3.05, 3.63) is 34.4 Å². The largest absolute Gasteiger partial charge is 0.547 e. The summed E-state index contributed by atoms with van der Waals surface area (Å²) in [6, 6.07) is -2.48. The van der Waals surface area contributed by atoms with Gasteiger partial charge in [0.2, 0.25) is 0 Å². The van der Waals surface area contributed by atoms with E-state index < -0.39 is 73.3 Å². The van der Waals surface area contributed by atoms with Gasteiger partial charge in [0.25, 0.3) is 5.91 Å². The number of nitrogens with two attached hydrogens (primary N) is 3. The molecule has 2 unspecified atom stereocenters.